The Balaban J connectivity index is 0. The standard InChI is InChI=1S/C3H7O.CH3O/c1-2-3-4;1-2/h4H,1-3H2;1H3. The maximum absolute atomic E-state index is 8.25. The molecule has 0 spiro atoms. The lowest BCUT2D eigenvalue weighted by atomic mass is 10.5. The third-order valence-corrected chi connectivity index (χ3v) is 0.158. The van der Waals surface area contributed by atoms with E-state index in [0.29, 0.717) is 6.42 Å². The van der Waals surface area contributed by atoms with Gasteiger partial charge in [-0.15, -0.1) is 0 Å². The zero-order valence-corrected chi connectivity index (χ0v) is 3.98. The Morgan fingerprint density at radius 1 is 1.67 bits per heavy atom. The van der Waals surface area contributed by atoms with E-state index >= 15 is 0 Å². The molecule has 2 heteroatoms. The van der Waals surface area contributed by atoms with Gasteiger partial charge in [-0.1, -0.05) is 6.92 Å². The molecule has 0 saturated heterocycles. The Bertz CT molecular complexity index is 7.51. The molecule has 0 bridgehead atoms. The van der Waals surface area contributed by atoms with Gasteiger partial charge in [-0.25, -0.2) is 5.11 Å². The topological polar surface area (TPSA) is 40.1 Å². The first-order valence-corrected chi connectivity index (χ1v) is 1.72. The number of rotatable bonds is 1. The van der Waals surface area contributed by atoms with Crippen molar-refractivity contribution in [2.24, 2.45) is 0 Å². The SMILES string of the molecule is C[O].[CH2]CCO. The smallest absolute Gasteiger partial charge is 0.0712 e. The van der Waals surface area contributed by atoms with Crippen LogP contribution in [0.3, 0.4) is 0 Å². The van der Waals surface area contributed by atoms with Crippen LogP contribution in [0.15, 0.2) is 0 Å². The summed E-state index contributed by atoms with van der Waals surface area (Å²) in [5, 5.41) is 16.1. The molecule has 0 atom stereocenters. The predicted molar refractivity (Wildman–Crippen MR) is 23.7 cm³/mol. The second kappa shape index (κ2) is 20.5. The summed E-state index contributed by atoms with van der Waals surface area (Å²) >= 11 is 0. The average Bonchev–Trinajstić information content (AvgIpc) is 1.72. The number of hydrogen-bond acceptors (Lipinski definition) is 1. The molecule has 6 heavy (non-hydrogen) atoms. The molecule has 0 unspecified atom stereocenters. The van der Waals surface area contributed by atoms with Gasteiger partial charge in [-0.3, -0.25) is 0 Å². The number of aliphatic hydroxyl groups excluding tert-OH is 1. The van der Waals surface area contributed by atoms with E-state index in [-0.39, 0.29) is 6.61 Å². The molecule has 0 heterocycles. The zero-order valence-electron chi connectivity index (χ0n) is 3.98. The fraction of sp³-hybridized carbons (Fsp3) is 0.750. The summed E-state index contributed by atoms with van der Waals surface area (Å²) in [6, 6.07) is 0. The van der Waals surface area contributed by atoms with E-state index in [2.05, 4.69) is 6.92 Å². The molecule has 0 aliphatic carbocycles. The van der Waals surface area contributed by atoms with Crippen molar-refractivity contribution in [3.63, 3.8) is 0 Å². The summed E-state index contributed by atoms with van der Waals surface area (Å²) in [7, 11) is 0.750. The van der Waals surface area contributed by atoms with Crippen molar-refractivity contribution >= 4 is 0 Å². The summed E-state index contributed by atoms with van der Waals surface area (Å²) < 4.78 is 0. The maximum atomic E-state index is 8.25. The third kappa shape index (κ3) is 39.5. The van der Waals surface area contributed by atoms with E-state index < -0.39 is 0 Å². The molecule has 0 aromatic heterocycles. The van der Waals surface area contributed by atoms with Crippen molar-refractivity contribution in [2.75, 3.05) is 13.7 Å². The van der Waals surface area contributed by atoms with Crippen LogP contribution in [-0.4, -0.2) is 18.8 Å². The lowest BCUT2D eigenvalue weighted by Gasteiger charge is -1.69. The largest absolute Gasteiger partial charge is 0.396 e. The summed E-state index contributed by atoms with van der Waals surface area (Å²) in [6.07, 6.45) is 0.625. The second-order valence-electron chi connectivity index (χ2n) is 0.577. The fourth-order valence-electron chi connectivity index (χ4n) is 0. The summed E-state index contributed by atoms with van der Waals surface area (Å²) in [5.41, 5.74) is 0. The molecule has 0 fully saturated rings. The van der Waals surface area contributed by atoms with Crippen LogP contribution in [0.4, 0.5) is 0 Å². The highest BCUT2D eigenvalue weighted by Crippen LogP contribution is 1.60. The first-order chi connectivity index (χ1) is 2.91. The Kier molecular flexibility index (Phi) is 31.9. The Morgan fingerprint density at radius 2 is 1.83 bits per heavy atom. The van der Waals surface area contributed by atoms with E-state index in [1.165, 1.54) is 0 Å². The summed E-state index contributed by atoms with van der Waals surface area (Å²) in [5.74, 6) is 0. The van der Waals surface area contributed by atoms with Crippen molar-refractivity contribution in [1.82, 2.24) is 0 Å². The Hall–Kier alpha value is -0.0800. The zero-order chi connectivity index (χ0) is 5.41. The van der Waals surface area contributed by atoms with Gasteiger partial charge in [0.25, 0.3) is 0 Å². The second-order valence-corrected chi connectivity index (χ2v) is 0.577. The highest BCUT2D eigenvalue weighted by atomic mass is 16.3. The van der Waals surface area contributed by atoms with Gasteiger partial charge in [0.15, 0.2) is 0 Å². The van der Waals surface area contributed by atoms with Crippen LogP contribution in [0.2, 0.25) is 0 Å². The molecular weight excluding hydrogens is 80.0 g/mol. The van der Waals surface area contributed by atoms with Gasteiger partial charge in [0, 0.05) is 6.61 Å². The van der Waals surface area contributed by atoms with E-state index in [1.807, 2.05) is 0 Å². The third-order valence-electron chi connectivity index (χ3n) is 0.158. The molecule has 2 nitrogen and oxygen atoms in total. The van der Waals surface area contributed by atoms with Gasteiger partial charge in [-0.05, 0) is 6.42 Å². The summed E-state index contributed by atoms with van der Waals surface area (Å²) in [6.45, 7) is 3.56. The van der Waals surface area contributed by atoms with Gasteiger partial charge in [0.2, 0.25) is 0 Å². The lowest BCUT2D eigenvalue weighted by Crippen LogP contribution is -1.70. The first kappa shape index (κ1) is 9.33. The highest BCUT2D eigenvalue weighted by molar-refractivity contribution is 4.28. The van der Waals surface area contributed by atoms with Crippen molar-refractivity contribution < 1.29 is 10.2 Å². The van der Waals surface area contributed by atoms with Gasteiger partial charge in [-0.2, -0.15) is 0 Å². The van der Waals surface area contributed by atoms with Crippen LogP contribution >= 0.6 is 0 Å². The van der Waals surface area contributed by atoms with E-state index in [9.17, 15) is 0 Å². The van der Waals surface area contributed by atoms with Gasteiger partial charge >= 0.3 is 0 Å². The van der Waals surface area contributed by atoms with Crippen LogP contribution < -0.4 is 0 Å². The van der Waals surface area contributed by atoms with E-state index in [1.54, 1.807) is 0 Å². The van der Waals surface area contributed by atoms with Crippen LogP contribution in [0.25, 0.3) is 0 Å². The fourth-order valence-corrected chi connectivity index (χ4v) is 0. The van der Waals surface area contributed by atoms with E-state index in [0.717, 1.165) is 7.11 Å². The molecule has 0 aliphatic heterocycles. The molecule has 0 rings (SSSR count). The molecule has 0 amide bonds. The van der Waals surface area contributed by atoms with Crippen LogP contribution in [0.1, 0.15) is 6.42 Å². The van der Waals surface area contributed by atoms with Crippen LogP contribution in [0, 0.1) is 6.92 Å². The van der Waals surface area contributed by atoms with Crippen molar-refractivity contribution in [1.29, 1.82) is 0 Å². The summed E-state index contributed by atoms with van der Waals surface area (Å²) in [4.78, 5) is 0. The van der Waals surface area contributed by atoms with Gasteiger partial charge in [0.1, 0.15) is 0 Å². The first-order valence-electron chi connectivity index (χ1n) is 1.72. The minimum Gasteiger partial charge on any atom is -0.396 e. The predicted octanol–water partition coefficient (Wildman–Crippen LogP) is 0.250. The van der Waals surface area contributed by atoms with Gasteiger partial charge in [0.05, 0.1) is 7.11 Å². The number of aliphatic hydroxyl groups is 1. The highest BCUT2D eigenvalue weighted by Gasteiger charge is 1.57. The normalized spacial score (nSPS) is 6.00. The molecule has 0 saturated carbocycles. The molecule has 2 radical (unpaired) electrons. The molecule has 0 aromatic rings. The minimum absolute atomic E-state index is 0.208. The Labute approximate surface area is 38.4 Å². The molecular formula is C4H10O2. The molecule has 38 valence electrons. The van der Waals surface area contributed by atoms with E-state index in [4.69, 9.17) is 10.2 Å². The monoisotopic (exact) mass is 90.1 g/mol. The quantitative estimate of drug-likeness (QED) is 0.492. The molecule has 1 N–H and O–H groups in total. The minimum atomic E-state index is 0.208. The average molecular weight is 90.1 g/mol. The van der Waals surface area contributed by atoms with Gasteiger partial charge < -0.3 is 5.11 Å². The van der Waals surface area contributed by atoms with Crippen molar-refractivity contribution in [3.05, 3.63) is 6.92 Å². The van der Waals surface area contributed by atoms with Crippen molar-refractivity contribution in [2.45, 2.75) is 6.42 Å². The Morgan fingerprint density at radius 3 is 1.83 bits per heavy atom. The lowest BCUT2D eigenvalue weighted by molar-refractivity contribution is 0.282. The van der Waals surface area contributed by atoms with Crippen LogP contribution in [0.5, 0.6) is 0 Å². The molecule has 0 aromatic carbocycles. The van der Waals surface area contributed by atoms with Crippen molar-refractivity contribution in [3.8, 4) is 0 Å². The maximum Gasteiger partial charge on any atom is 0.0712 e. The molecule has 0 aliphatic rings. The number of hydrogen-bond donors (Lipinski definition) is 1. The van der Waals surface area contributed by atoms with Crippen LogP contribution in [-0.2, 0) is 5.11 Å².